The highest BCUT2D eigenvalue weighted by molar-refractivity contribution is 5.85. The normalized spacial score (nSPS) is 17.0. The highest BCUT2D eigenvalue weighted by Gasteiger charge is 2.40. The summed E-state index contributed by atoms with van der Waals surface area (Å²) in [6.07, 6.45) is 2.29. The lowest BCUT2D eigenvalue weighted by Crippen LogP contribution is -2.42. The summed E-state index contributed by atoms with van der Waals surface area (Å²) in [5.41, 5.74) is -0.880. The maximum Gasteiger partial charge on any atom is 0.376 e. The van der Waals surface area contributed by atoms with Crippen LogP contribution in [0.15, 0.2) is 12.3 Å². The van der Waals surface area contributed by atoms with Crippen LogP contribution in [0.2, 0.25) is 0 Å². The molecule has 0 bridgehead atoms. The number of aromatic nitrogens is 2. The molecule has 114 valence electrons. The average Bonchev–Trinajstić information content (AvgIpc) is 2.53. The van der Waals surface area contributed by atoms with Crippen molar-refractivity contribution in [2.45, 2.75) is 12.8 Å². The van der Waals surface area contributed by atoms with E-state index < -0.39 is 17.4 Å². The van der Waals surface area contributed by atoms with E-state index in [9.17, 15) is 14.7 Å². The third kappa shape index (κ3) is 3.46. The van der Waals surface area contributed by atoms with Gasteiger partial charge in [0.05, 0.1) is 12.5 Å². The van der Waals surface area contributed by atoms with Crippen molar-refractivity contribution >= 4 is 17.8 Å². The number of carbonyl (C=O) groups excluding carboxylic acids is 1. The molecule has 8 heteroatoms. The molecule has 1 saturated heterocycles. The van der Waals surface area contributed by atoms with E-state index >= 15 is 0 Å². The zero-order valence-corrected chi connectivity index (χ0v) is 11.7. The van der Waals surface area contributed by atoms with E-state index in [0.717, 1.165) is 0 Å². The maximum absolute atomic E-state index is 11.5. The van der Waals surface area contributed by atoms with Crippen LogP contribution >= 0.6 is 0 Å². The molecule has 0 saturated carbocycles. The third-order valence-electron chi connectivity index (χ3n) is 3.54. The Morgan fingerprint density at radius 2 is 2.19 bits per heavy atom. The summed E-state index contributed by atoms with van der Waals surface area (Å²) in [4.78, 5) is 30.7. The van der Waals surface area contributed by atoms with E-state index in [4.69, 9.17) is 4.74 Å². The van der Waals surface area contributed by atoms with Crippen molar-refractivity contribution in [2.75, 3.05) is 32.2 Å². The van der Waals surface area contributed by atoms with Crippen molar-refractivity contribution in [1.82, 2.24) is 9.97 Å². The largest absolute Gasteiger partial charge is 0.481 e. The number of ether oxygens (including phenoxy) is 2. The Balaban J connectivity index is 2.07. The summed E-state index contributed by atoms with van der Waals surface area (Å²) >= 11 is 0. The molecule has 0 spiro atoms. The molecule has 1 aromatic heterocycles. The van der Waals surface area contributed by atoms with Gasteiger partial charge in [0.25, 0.3) is 0 Å². The molecule has 21 heavy (non-hydrogen) atoms. The van der Waals surface area contributed by atoms with Gasteiger partial charge >= 0.3 is 11.9 Å². The molecule has 2 N–H and O–H groups in total. The van der Waals surface area contributed by atoms with Crippen LogP contribution in [-0.4, -0.2) is 53.9 Å². The zero-order valence-electron chi connectivity index (χ0n) is 11.7. The van der Waals surface area contributed by atoms with Crippen LogP contribution in [0.4, 0.5) is 5.82 Å². The Labute approximate surface area is 121 Å². The quantitative estimate of drug-likeness (QED) is 0.758. The van der Waals surface area contributed by atoms with Crippen LogP contribution in [0.1, 0.15) is 23.5 Å². The first-order valence-corrected chi connectivity index (χ1v) is 6.54. The first-order chi connectivity index (χ1) is 10.1. The van der Waals surface area contributed by atoms with Gasteiger partial charge in [0.15, 0.2) is 0 Å². The van der Waals surface area contributed by atoms with Crippen molar-refractivity contribution in [3.63, 3.8) is 0 Å². The number of aliphatic carboxylic acids is 1. The van der Waals surface area contributed by atoms with Crippen LogP contribution in [0.3, 0.4) is 0 Å². The number of nitrogens with one attached hydrogen (secondary N) is 1. The summed E-state index contributed by atoms with van der Waals surface area (Å²) in [7, 11) is 1.24. The van der Waals surface area contributed by atoms with Gasteiger partial charge in [-0.3, -0.25) is 4.79 Å². The summed E-state index contributed by atoms with van der Waals surface area (Å²) in [6, 6.07) is 1.57. The number of carboxylic acid groups (broad SMARTS) is 1. The number of hydrogen-bond donors (Lipinski definition) is 2. The second kappa shape index (κ2) is 6.49. The monoisotopic (exact) mass is 295 g/mol. The molecule has 0 aliphatic carbocycles. The highest BCUT2D eigenvalue weighted by atomic mass is 16.5. The minimum Gasteiger partial charge on any atom is -0.481 e. The van der Waals surface area contributed by atoms with Crippen LogP contribution in [0.25, 0.3) is 0 Å². The standard InChI is InChI=1S/C13H17N3O5/c1-20-11(17)10-14-5-2-9(16-10)15-8-13(12(18)19)3-6-21-7-4-13/h2,5H,3-4,6-8H2,1H3,(H,18,19)(H,14,15,16). The number of rotatable bonds is 5. The molecule has 1 aromatic rings. The van der Waals surface area contributed by atoms with Crippen LogP contribution < -0.4 is 5.32 Å². The fourth-order valence-electron chi connectivity index (χ4n) is 2.13. The summed E-state index contributed by atoms with van der Waals surface area (Å²) < 4.78 is 9.76. The van der Waals surface area contributed by atoms with Gasteiger partial charge in [-0.2, -0.15) is 0 Å². The molecule has 2 heterocycles. The zero-order chi connectivity index (χ0) is 15.3. The Bertz CT molecular complexity index is 528. The first kappa shape index (κ1) is 15.2. The molecule has 0 aromatic carbocycles. The van der Waals surface area contributed by atoms with Crippen LogP contribution in [0.5, 0.6) is 0 Å². The Kier molecular flexibility index (Phi) is 4.69. The predicted octanol–water partition coefficient (Wildman–Crippen LogP) is 0.556. The number of hydrogen-bond acceptors (Lipinski definition) is 7. The van der Waals surface area contributed by atoms with E-state index in [1.54, 1.807) is 6.07 Å². The topological polar surface area (TPSA) is 111 Å². The number of nitrogens with zero attached hydrogens (tertiary/aromatic N) is 2. The van der Waals surface area contributed by atoms with Crippen molar-refractivity contribution in [1.29, 1.82) is 0 Å². The van der Waals surface area contributed by atoms with Crippen molar-refractivity contribution in [3.05, 3.63) is 18.1 Å². The Morgan fingerprint density at radius 1 is 1.48 bits per heavy atom. The molecule has 1 aliphatic heterocycles. The van der Waals surface area contributed by atoms with E-state index in [-0.39, 0.29) is 12.4 Å². The molecular formula is C13H17N3O5. The Morgan fingerprint density at radius 3 is 2.81 bits per heavy atom. The van der Waals surface area contributed by atoms with Gasteiger partial charge in [0.1, 0.15) is 5.82 Å². The average molecular weight is 295 g/mol. The molecule has 0 radical (unpaired) electrons. The van der Waals surface area contributed by atoms with Crippen molar-refractivity contribution in [2.24, 2.45) is 5.41 Å². The van der Waals surface area contributed by atoms with Crippen LogP contribution in [-0.2, 0) is 14.3 Å². The molecular weight excluding hydrogens is 278 g/mol. The highest BCUT2D eigenvalue weighted by Crippen LogP contribution is 2.31. The Hall–Kier alpha value is -2.22. The smallest absolute Gasteiger partial charge is 0.376 e. The summed E-state index contributed by atoms with van der Waals surface area (Å²) in [5.74, 6) is -1.19. The fraction of sp³-hybridized carbons (Fsp3) is 0.538. The molecule has 1 fully saturated rings. The summed E-state index contributed by atoms with van der Waals surface area (Å²) in [6.45, 7) is 1.06. The van der Waals surface area contributed by atoms with E-state index in [0.29, 0.717) is 31.9 Å². The van der Waals surface area contributed by atoms with Crippen molar-refractivity contribution in [3.8, 4) is 0 Å². The molecule has 8 nitrogen and oxygen atoms in total. The molecule has 2 rings (SSSR count). The minimum absolute atomic E-state index is 0.0705. The lowest BCUT2D eigenvalue weighted by atomic mass is 9.80. The summed E-state index contributed by atoms with van der Waals surface area (Å²) in [5, 5.41) is 12.4. The van der Waals surface area contributed by atoms with E-state index in [2.05, 4.69) is 20.0 Å². The first-order valence-electron chi connectivity index (χ1n) is 6.54. The number of esters is 1. The number of anilines is 1. The van der Waals surface area contributed by atoms with Gasteiger partial charge in [0.2, 0.25) is 5.82 Å². The van der Waals surface area contributed by atoms with E-state index in [1.807, 2.05) is 0 Å². The van der Waals surface area contributed by atoms with E-state index in [1.165, 1.54) is 13.3 Å². The van der Waals surface area contributed by atoms with Gasteiger partial charge in [-0.15, -0.1) is 0 Å². The molecule has 1 aliphatic rings. The SMILES string of the molecule is COC(=O)c1nccc(NCC2(C(=O)O)CCOCC2)n1. The number of carboxylic acids is 1. The van der Waals surface area contributed by atoms with Gasteiger partial charge < -0.3 is 19.9 Å². The second-order valence-electron chi connectivity index (χ2n) is 4.81. The lowest BCUT2D eigenvalue weighted by molar-refractivity contribution is -0.153. The minimum atomic E-state index is -0.880. The van der Waals surface area contributed by atoms with Crippen LogP contribution in [0, 0.1) is 5.41 Å². The molecule has 0 amide bonds. The third-order valence-corrected chi connectivity index (χ3v) is 3.54. The fourth-order valence-corrected chi connectivity index (χ4v) is 2.13. The van der Waals surface area contributed by atoms with Crippen molar-refractivity contribution < 1.29 is 24.2 Å². The lowest BCUT2D eigenvalue weighted by Gasteiger charge is -2.33. The van der Waals surface area contributed by atoms with Gasteiger partial charge in [-0.25, -0.2) is 14.8 Å². The number of carbonyl (C=O) groups is 2. The van der Waals surface area contributed by atoms with Gasteiger partial charge in [-0.05, 0) is 18.9 Å². The number of methoxy groups -OCH3 is 1. The predicted molar refractivity (Wildman–Crippen MR) is 72.0 cm³/mol. The maximum atomic E-state index is 11.5. The molecule has 0 unspecified atom stereocenters. The molecule has 0 atom stereocenters. The van der Waals surface area contributed by atoms with Gasteiger partial charge in [-0.1, -0.05) is 0 Å². The van der Waals surface area contributed by atoms with Gasteiger partial charge in [0, 0.05) is 26.0 Å². The second-order valence-corrected chi connectivity index (χ2v) is 4.81.